The molecule has 0 fully saturated rings. The maximum atomic E-state index is 13.8. The summed E-state index contributed by atoms with van der Waals surface area (Å²) in [6, 6.07) is 9.83. The van der Waals surface area contributed by atoms with Crippen LogP contribution >= 0.6 is 35.6 Å². The highest BCUT2D eigenvalue weighted by atomic mass is 127. The SMILES string of the molecule is CN=C(NCCc1c(F)cccc1Cl)NCc1ccc(S(C)(=O)=O)c(C)c1.I. The van der Waals surface area contributed by atoms with Crippen molar-refractivity contribution in [3.8, 4) is 0 Å². The van der Waals surface area contributed by atoms with Gasteiger partial charge < -0.3 is 10.6 Å². The van der Waals surface area contributed by atoms with Crippen LogP contribution in [0, 0.1) is 12.7 Å². The fourth-order valence-corrected chi connectivity index (χ4v) is 3.94. The standard InChI is InChI=1S/C19H23ClFN3O2S.HI/c1-13-11-14(7-8-18(13)27(3,25)26)12-24-19(22-2)23-10-9-15-16(20)5-4-6-17(15)21;/h4-8,11H,9-10,12H2,1-3H3,(H2,22,23,24);1H. The van der Waals surface area contributed by atoms with E-state index in [1.165, 1.54) is 12.3 Å². The molecule has 0 atom stereocenters. The van der Waals surface area contributed by atoms with E-state index in [1.54, 1.807) is 38.2 Å². The number of guanidine groups is 1. The molecule has 5 nitrogen and oxygen atoms in total. The average Bonchev–Trinajstić information content (AvgIpc) is 2.59. The Balaban J connectivity index is 0.00000392. The number of aryl methyl sites for hydroxylation is 1. The van der Waals surface area contributed by atoms with Gasteiger partial charge in [0.25, 0.3) is 0 Å². The van der Waals surface area contributed by atoms with Gasteiger partial charge in [0.05, 0.1) is 4.90 Å². The predicted molar refractivity (Wildman–Crippen MR) is 123 cm³/mol. The first-order chi connectivity index (χ1) is 12.7. The quantitative estimate of drug-likeness (QED) is 0.334. The predicted octanol–water partition coefficient (Wildman–Crippen LogP) is 3.72. The Hall–Kier alpha value is -1.39. The van der Waals surface area contributed by atoms with Gasteiger partial charge in [-0.2, -0.15) is 0 Å². The second-order valence-corrected chi connectivity index (χ2v) is 8.57. The fraction of sp³-hybridized carbons (Fsp3) is 0.316. The van der Waals surface area contributed by atoms with Crippen LogP contribution in [0.3, 0.4) is 0 Å². The summed E-state index contributed by atoms with van der Waals surface area (Å²) < 4.78 is 37.1. The normalized spacial score (nSPS) is 11.7. The average molecular weight is 540 g/mol. The third-order valence-electron chi connectivity index (χ3n) is 4.05. The summed E-state index contributed by atoms with van der Waals surface area (Å²) in [5, 5.41) is 6.66. The van der Waals surface area contributed by atoms with Crippen LogP contribution in [-0.4, -0.2) is 34.2 Å². The maximum absolute atomic E-state index is 13.8. The molecule has 154 valence electrons. The molecule has 0 amide bonds. The van der Waals surface area contributed by atoms with Crippen molar-refractivity contribution in [3.05, 3.63) is 63.9 Å². The molecule has 0 aromatic heterocycles. The van der Waals surface area contributed by atoms with E-state index in [9.17, 15) is 12.8 Å². The number of aliphatic imine (C=N–C) groups is 1. The topological polar surface area (TPSA) is 70.6 Å². The summed E-state index contributed by atoms with van der Waals surface area (Å²) in [5.41, 5.74) is 2.10. The van der Waals surface area contributed by atoms with Gasteiger partial charge in [0.15, 0.2) is 15.8 Å². The summed E-state index contributed by atoms with van der Waals surface area (Å²) in [4.78, 5) is 4.46. The Kier molecular flexibility index (Phi) is 9.65. The summed E-state index contributed by atoms with van der Waals surface area (Å²) in [7, 11) is -1.59. The van der Waals surface area contributed by atoms with E-state index in [0.29, 0.717) is 46.5 Å². The second-order valence-electron chi connectivity index (χ2n) is 6.17. The number of hydrogen-bond acceptors (Lipinski definition) is 3. The first-order valence-electron chi connectivity index (χ1n) is 8.39. The molecule has 0 aliphatic carbocycles. The minimum Gasteiger partial charge on any atom is -0.356 e. The third kappa shape index (κ3) is 6.89. The molecule has 0 unspecified atom stereocenters. The molecule has 0 aliphatic rings. The van der Waals surface area contributed by atoms with Crippen LogP contribution in [0.1, 0.15) is 16.7 Å². The molecule has 2 N–H and O–H groups in total. The molecule has 0 saturated heterocycles. The van der Waals surface area contributed by atoms with Gasteiger partial charge in [0.1, 0.15) is 5.82 Å². The van der Waals surface area contributed by atoms with Crippen molar-refractivity contribution in [2.75, 3.05) is 19.8 Å². The van der Waals surface area contributed by atoms with Crippen molar-refractivity contribution in [2.24, 2.45) is 4.99 Å². The largest absolute Gasteiger partial charge is 0.356 e. The Morgan fingerprint density at radius 1 is 1.21 bits per heavy atom. The van der Waals surface area contributed by atoms with Gasteiger partial charge in [0.2, 0.25) is 0 Å². The lowest BCUT2D eigenvalue weighted by Crippen LogP contribution is -2.38. The zero-order valence-electron chi connectivity index (χ0n) is 15.9. The molecule has 0 spiro atoms. The number of halogens is 3. The van der Waals surface area contributed by atoms with E-state index < -0.39 is 9.84 Å². The van der Waals surface area contributed by atoms with Gasteiger partial charge in [-0.15, -0.1) is 24.0 Å². The van der Waals surface area contributed by atoms with Gasteiger partial charge in [-0.1, -0.05) is 29.8 Å². The number of benzene rings is 2. The molecule has 0 aliphatic heterocycles. The van der Waals surface area contributed by atoms with Crippen LogP contribution < -0.4 is 10.6 Å². The van der Waals surface area contributed by atoms with Crippen LogP contribution in [0.25, 0.3) is 0 Å². The highest BCUT2D eigenvalue weighted by Crippen LogP contribution is 2.19. The lowest BCUT2D eigenvalue weighted by atomic mass is 10.1. The Labute approximate surface area is 187 Å². The number of nitrogens with zero attached hydrogens (tertiary/aromatic N) is 1. The summed E-state index contributed by atoms with van der Waals surface area (Å²) in [5.74, 6) is 0.237. The molecule has 0 radical (unpaired) electrons. The minimum atomic E-state index is -3.23. The molecule has 28 heavy (non-hydrogen) atoms. The number of rotatable bonds is 6. The van der Waals surface area contributed by atoms with E-state index >= 15 is 0 Å². The number of hydrogen-bond donors (Lipinski definition) is 2. The minimum absolute atomic E-state index is 0. The Bertz CT molecular complexity index is 932. The van der Waals surface area contributed by atoms with Crippen LogP contribution in [0.2, 0.25) is 5.02 Å². The highest BCUT2D eigenvalue weighted by molar-refractivity contribution is 14.0. The van der Waals surface area contributed by atoms with Crippen LogP contribution in [0.4, 0.5) is 4.39 Å². The van der Waals surface area contributed by atoms with Crippen LogP contribution in [0.5, 0.6) is 0 Å². The number of nitrogens with one attached hydrogen (secondary N) is 2. The lowest BCUT2D eigenvalue weighted by Gasteiger charge is -2.13. The van der Waals surface area contributed by atoms with Gasteiger partial charge >= 0.3 is 0 Å². The van der Waals surface area contributed by atoms with Gasteiger partial charge in [-0.05, 0) is 42.7 Å². The highest BCUT2D eigenvalue weighted by Gasteiger charge is 2.11. The molecular formula is C19H24ClFIN3O2S. The van der Waals surface area contributed by atoms with E-state index in [1.807, 2.05) is 6.07 Å². The summed E-state index contributed by atoms with van der Waals surface area (Å²) in [6.07, 6.45) is 1.62. The van der Waals surface area contributed by atoms with Crippen molar-refractivity contribution in [3.63, 3.8) is 0 Å². The zero-order chi connectivity index (χ0) is 20.0. The molecule has 2 aromatic carbocycles. The summed E-state index contributed by atoms with van der Waals surface area (Å²) >= 11 is 6.02. The van der Waals surface area contributed by atoms with Gasteiger partial charge in [-0.25, -0.2) is 12.8 Å². The van der Waals surface area contributed by atoms with E-state index in [-0.39, 0.29) is 29.8 Å². The van der Waals surface area contributed by atoms with Crippen molar-refractivity contribution in [1.29, 1.82) is 0 Å². The fourth-order valence-electron chi connectivity index (χ4n) is 2.72. The second kappa shape index (κ2) is 11.0. The first-order valence-corrected chi connectivity index (χ1v) is 10.7. The van der Waals surface area contributed by atoms with Crippen molar-refractivity contribution in [2.45, 2.75) is 24.8 Å². The molecule has 9 heteroatoms. The lowest BCUT2D eigenvalue weighted by molar-refractivity contribution is 0.601. The maximum Gasteiger partial charge on any atom is 0.191 e. The zero-order valence-corrected chi connectivity index (χ0v) is 19.8. The van der Waals surface area contributed by atoms with Crippen LogP contribution in [0.15, 0.2) is 46.3 Å². The smallest absolute Gasteiger partial charge is 0.191 e. The third-order valence-corrected chi connectivity index (χ3v) is 5.66. The van der Waals surface area contributed by atoms with E-state index in [2.05, 4.69) is 15.6 Å². The van der Waals surface area contributed by atoms with E-state index in [4.69, 9.17) is 11.6 Å². The van der Waals surface area contributed by atoms with Crippen LogP contribution in [-0.2, 0) is 22.8 Å². The Morgan fingerprint density at radius 3 is 2.50 bits per heavy atom. The van der Waals surface area contributed by atoms with E-state index in [0.717, 1.165) is 5.56 Å². The first kappa shape index (κ1) is 24.6. The Morgan fingerprint density at radius 2 is 1.93 bits per heavy atom. The van der Waals surface area contributed by atoms with Gasteiger partial charge in [0, 0.05) is 37.0 Å². The van der Waals surface area contributed by atoms with Crippen molar-refractivity contribution in [1.82, 2.24) is 10.6 Å². The summed E-state index contributed by atoms with van der Waals surface area (Å²) in [6.45, 7) is 2.71. The number of sulfone groups is 1. The molecule has 0 heterocycles. The molecule has 2 aromatic rings. The van der Waals surface area contributed by atoms with Crippen molar-refractivity contribution < 1.29 is 12.8 Å². The van der Waals surface area contributed by atoms with Gasteiger partial charge in [-0.3, -0.25) is 4.99 Å². The monoisotopic (exact) mass is 539 g/mol. The molecular weight excluding hydrogens is 516 g/mol. The van der Waals surface area contributed by atoms with Crippen molar-refractivity contribution >= 4 is 51.4 Å². The molecule has 0 bridgehead atoms. The molecule has 0 saturated carbocycles. The molecule has 2 rings (SSSR count).